The normalized spacial score (nSPS) is 18.1. The molecule has 1 saturated heterocycles. The number of rotatable bonds is 9. The highest BCUT2D eigenvalue weighted by molar-refractivity contribution is 5.60. The summed E-state index contributed by atoms with van der Waals surface area (Å²) in [5, 5.41) is 16.6. The van der Waals surface area contributed by atoms with Crippen LogP contribution in [0.1, 0.15) is 18.5 Å². The third-order valence-electron chi connectivity index (χ3n) is 5.51. The maximum Gasteiger partial charge on any atom is 0.229 e. The Morgan fingerprint density at radius 3 is 2.69 bits per heavy atom. The van der Waals surface area contributed by atoms with Crippen LogP contribution < -0.4 is 20.1 Å². The van der Waals surface area contributed by atoms with Gasteiger partial charge in [0.15, 0.2) is 11.5 Å². The molecule has 1 spiro atoms. The molecule has 8 heteroatoms. The van der Waals surface area contributed by atoms with Gasteiger partial charge in [-0.25, -0.2) is 4.98 Å². The monoisotopic (exact) mass is 399 g/mol. The van der Waals surface area contributed by atoms with Gasteiger partial charge in [0, 0.05) is 50.2 Å². The third kappa shape index (κ3) is 4.71. The topological polar surface area (TPSA) is 91.8 Å². The van der Waals surface area contributed by atoms with Crippen molar-refractivity contribution in [1.29, 1.82) is 0 Å². The van der Waals surface area contributed by atoms with Crippen molar-refractivity contribution in [3.63, 3.8) is 0 Å². The summed E-state index contributed by atoms with van der Waals surface area (Å²) in [7, 11) is 3.42. The Morgan fingerprint density at radius 2 is 2.00 bits per heavy atom. The van der Waals surface area contributed by atoms with Crippen LogP contribution in [-0.2, 0) is 0 Å². The molecule has 2 aliphatic rings. The molecule has 1 aromatic heterocycles. The average molecular weight is 399 g/mol. The number of aryl methyl sites for hydroxylation is 1. The Bertz CT molecular complexity index is 863. The van der Waals surface area contributed by atoms with Gasteiger partial charge >= 0.3 is 0 Å². The smallest absolute Gasteiger partial charge is 0.229 e. The van der Waals surface area contributed by atoms with E-state index in [1.807, 2.05) is 38.2 Å². The van der Waals surface area contributed by atoms with Crippen LogP contribution in [0.2, 0.25) is 0 Å². The van der Waals surface area contributed by atoms with Crippen molar-refractivity contribution < 1.29 is 14.6 Å². The minimum Gasteiger partial charge on any atom is -0.493 e. The van der Waals surface area contributed by atoms with E-state index in [1.54, 1.807) is 7.11 Å². The molecule has 3 N–H and O–H groups in total. The van der Waals surface area contributed by atoms with Crippen LogP contribution in [0.3, 0.4) is 0 Å². The lowest BCUT2D eigenvalue weighted by Crippen LogP contribution is -2.51. The van der Waals surface area contributed by atoms with Crippen LogP contribution in [0.5, 0.6) is 11.5 Å². The second-order valence-electron chi connectivity index (χ2n) is 8.09. The highest BCUT2D eigenvalue weighted by Gasteiger charge is 2.52. The Hall–Kier alpha value is -2.58. The molecule has 0 unspecified atom stereocenters. The first-order valence-corrected chi connectivity index (χ1v) is 10.0. The Morgan fingerprint density at radius 1 is 1.21 bits per heavy atom. The van der Waals surface area contributed by atoms with Gasteiger partial charge in [0.2, 0.25) is 5.95 Å². The molecule has 1 atom stereocenters. The number of hydrogen-bond acceptors (Lipinski definition) is 8. The van der Waals surface area contributed by atoms with Gasteiger partial charge in [-0.3, -0.25) is 4.90 Å². The predicted octanol–water partition coefficient (Wildman–Crippen LogP) is 2.41. The minimum atomic E-state index is -0.536. The van der Waals surface area contributed by atoms with Crippen LogP contribution in [-0.4, -0.2) is 66.5 Å². The maximum absolute atomic E-state index is 10.3. The molecule has 156 valence electrons. The quantitative estimate of drug-likeness (QED) is 0.592. The van der Waals surface area contributed by atoms with Crippen molar-refractivity contribution in [3.05, 3.63) is 30.0 Å². The fourth-order valence-corrected chi connectivity index (χ4v) is 3.81. The van der Waals surface area contributed by atoms with E-state index in [4.69, 9.17) is 9.47 Å². The maximum atomic E-state index is 10.3. The van der Waals surface area contributed by atoms with E-state index in [1.165, 1.54) is 12.8 Å². The Balaban J connectivity index is 1.37. The van der Waals surface area contributed by atoms with E-state index < -0.39 is 6.10 Å². The molecule has 1 aliphatic heterocycles. The van der Waals surface area contributed by atoms with Gasteiger partial charge in [-0.2, -0.15) is 4.98 Å². The Kier molecular flexibility index (Phi) is 5.47. The minimum absolute atomic E-state index is 0.216. The number of nitrogens with one attached hydrogen (secondary N) is 2. The third-order valence-corrected chi connectivity index (χ3v) is 5.51. The molecule has 2 aromatic rings. The van der Waals surface area contributed by atoms with E-state index in [0.717, 1.165) is 30.3 Å². The van der Waals surface area contributed by atoms with Gasteiger partial charge < -0.3 is 25.2 Å². The lowest BCUT2D eigenvalue weighted by molar-refractivity contribution is 0.0104. The van der Waals surface area contributed by atoms with Crippen molar-refractivity contribution >= 4 is 17.5 Å². The molecule has 29 heavy (non-hydrogen) atoms. The summed E-state index contributed by atoms with van der Waals surface area (Å²) < 4.78 is 11.3. The van der Waals surface area contributed by atoms with Crippen molar-refractivity contribution in [1.82, 2.24) is 14.9 Å². The number of methoxy groups -OCH3 is 1. The van der Waals surface area contributed by atoms with Gasteiger partial charge in [-0.1, -0.05) is 0 Å². The van der Waals surface area contributed by atoms with Crippen LogP contribution in [0.4, 0.5) is 17.5 Å². The zero-order valence-electron chi connectivity index (χ0n) is 17.2. The number of likely N-dealkylation sites (tertiary alicyclic amines) is 1. The molecule has 0 amide bonds. The van der Waals surface area contributed by atoms with E-state index >= 15 is 0 Å². The number of β-amino-alcohol motifs (C(OH)–C–C–N with tert-alkyl or cyclic N) is 1. The summed E-state index contributed by atoms with van der Waals surface area (Å²) in [4.78, 5) is 11.1. The number of aromatic nitrogens is 2. The number of nitrogens with zero attached hydrogens (tertiary/aromatic N) is 3. The van der Waals surface area contributed by atoms with E-state index in [9.17, 15) is 5.11 Å². The summed E-state index contributed by atoms with van der Waals surface area (Å²) in [5.41, 5.74) is 2.23. The molecule has 2 heterocycles. The van der Waals surface area contributed by atoms with Crippen LogP contribution in [0, 0.1) is 12.3 Å². The number of aliphatic hydroxyl groups is 1. The predicted molar refractivity (Wildman–Crippen MR) is 112 cm³/mol. The lowest BCUT2D eigenvalue weighted by atomic mass is 9.96. The summed E-state index contributed by atoms with van der Waals surface area (Å²) >= 11 is 0. The number of aliphatic hydroxyl groups excluding tert-OH is 1. The largest absolute Gasteiger partial charge is 0.493 e. The standard InChI is InChI=1S/C21H29N5O3/c1-14-8-19(22-2)25-20(23-14)24-15-4-5-17(28-3)18(9-15)29-11-16(27)10-26-12-21(13-26)6-7-21/h4-5,8-9,16,27H,6-7,10-13H2,1-3H3,(H2,22,23,24,25)/t16-/m0/s1. The molecule has 1 aliphatic carbocycles. The number of ether oxygens (including phenoxy) is 2. The van der Waals surface area contributed by atoms with Crippen molar-refractivity contribution in [2.24, 2.45) is 5.41 Å². The average Bonchev–Trinajstić information content (AvgIpc) is 3.46. The summed E-state index contributed by atoms with van der Waals surface area (Å²) in [5.74, 6) is 2.43. The molecular formula is C21H29N5O3. The van der Waals surface area contributed by atoms with Crippen molar-refractivity contribution in [2.75, 3.05) is 51.0 Å². The molecule has 1 saturated carbocycles. The fourth-order valence-electron chi connectivity index (χ4n) is 3.81. The lowest BCUT2D eigenvalue weighted by Gasteiger charge is -2.40. The molecule has 0 radical (unpaired) electrons. The summed E-state index contributed by atoms with van der Waals surface area (Å²) in [6.45, 7) is 5.00. The highest BCUT2D eigenvalue weighted by atomic mass is 16.5. The molecule has 1 aromatic carbocycles. The zero-order chi connectivity index (χ0) is 20.4. The first-order chi connectivity index (χ1) is 14.0. The van der Waals surface area contributed by atoms with Crippen molar-refractivity contribution in [2.45, 2.75) is 25.9 Å². The van der Waals surface area contributed by atoms with E-state index in [-0.39, 0.29) is 6.61 Å². The Labute approximate surface area is 171 Å². The highest BCUT2D eigenvalue weighted by Crippen LogP contribution is 2.52. The van der Waals surface area contributed by atoms with Gasteiger partial charge in [-0.15, -0.1) is 0 Å². The van der Waals surface area contributed by atoms with Crippen molar-refractivity contribution in [3.8, 4) is 11.5 Å². The molecule has 4 rings (SSSR count). The molecule has 0 bridgehead atoms. The van der Waals surface area contributed by atoms with E-state index in [0.29, 0.717) is 29.4 Å². The molecule has 8 nitrogen and oxygen atoms in total. The molecular weight excluding hydrogens is 370 g/mol. The second-order valence-corrected chi connectivity index (χ2v) is 8.09. The van der Waals surface area contributed by atoms with E-state index in [2.05, 4.69) is 25.5 Å². The van der Waals surface area contributed by atoms with Crippen LogP contribution in [0.25, 0.3) is 0 Å². The fraction of sp³-hybridized carbons (Fsp3) is 0.524. The van der Waals surface area contributed by atoms with Gasteiger partial charge in [0.1, 0.15) is 18.5 Å². The first-order valence-electron chi connectivity index (χ1n) is 10.0. The summed E-state index contributed by atoms with van der Waals surface area (Å²) in [6, 6.07) is 7.41. The zero-order valence-corrected chi connectivity index (χ0v) is 17.2. The van der Waals surface area contributed by atoms with Gasteiger partial charge in [0.05, 0.1) is 7.11 Å². The second kappa shape index (κ2) is 8.04. The van der Waals surface area contributed by atoms with Gasteiger partial charge in [-0.05, 0) is 37.3 Å². The van der Waals surface area contributed by atoms with Crippen LogP contribution >= 0.6 is 0 Å². The van der Waals surface area contributed by atoms with Gasteiger partial charge in [0.25, 0.3) is 0 Å². The van der Waals surface area contributed by atoms with Crippen LogP contribution in [0.15, 0.2) is 24.3 Å². The summed E-state index contributed by atoms with van der Waals surface area (Å²) in [6.07, 6.45) is 2.15. The molecule has 2 fully saturated rings. The number of benzene rings is 1. The first kappa shape index (κ1) is 19.7. The number of hydrogen-bond donors (Lipinski definition) is 3. The SMILES string of the molecule is CNc1cc(C)nc(Nc2ccc(OC)c(OC[C@@H](O)CN3CC4(CC4)C3)c2)n1. The number of anilines is 3.